The summed E-state index contributed by atoms with van der Waals surface area (Å²) in [6.07, 6.45) is -5.68. The summed E-state index contributed by atoms with van der Waals surface area (Å²) >= 11 is 0. The van der Waals surface area contributed by atoms with Crippen molar-refractivity contribution in [2.75, 3.05) is 12.3 Å². The van der Waals surface area contributed by atoms with E-state index in [1.165, 1.54) is 0 Å². The number of ether oxygens (including phenoxy) is 1. The molecule has 2 rings (SSSR count). The molecule has 2 heterocycles. The van der Waals surface area contributed by atoms with E-state index >= 15 is 0 Å². The highest BCUT2D eigenvalue weighted by Crippen LogP contribution is 2.70. The van der Waals surface area contributed by atoms with Crippen molar-refractivity contribution in [3.63, 3.8) is 0 Å². The fourth-order valence-corrected chi connectivity index (χ4v) is 5.24. The van der Waals surface area contributed by atoms with Crippen LogP contribution in [0.25, 0.3) is 0 Å². The second kappa shape index (κ2) is 7.09. The zero-order valence-corrected chi connectivity index (χ0v) is 14.6. The first-order valence-corrected chi connectivity index (χ1v) is 10.3. The summed E-state index contributed by atoms with van der Waals surface area (Å²) in [6, 6.07) is 0. The fourth-order valence-electron chi connectivity index (χ4n) is 2.55. The Hall–Kier alpha value is -1.18. The van der Waals surface area contributed by atoms with Crippen LogP contribution in [0.3, 0.4) is 0 Å². The minimum absolute atomic E-state index is 0.466. The second-order valence-corrected chi connectivity index (χ2v) is 9.35. The molecule has 0 bridgehead atoms. The number of nitrogen functional groups attached to an aromatic ring is 1. The number of nitrogens with two attached hydrogens (primary N) is 1. The lowest BCUT2D eigenvalue weighted by molar-refractivity contribution is -0.0550. The van der Waals surface area contributed by atoms with Crippen LogP contribution in [0.1, 0.15) is 17.2 Å². The molecule has 1 saturated heterocycles. The Bertz CT molecular complexity index is 810. The average molecular weight is 417 g/mol. The van der Waals surface area contributed by atoms with Gasteiger partial charge < -0.3 is 45.4 Å². The first kappa shape index (κ1) is 21.1. The number of hydrogen-bond acceptors (Lipinski definition) is 9. The number of nitrogens with zero attached hydrogens (tertiary/aromatic N) is 2. The van der Waals surface area contributed by atoms with Crippen LogP contribution < -0.4 is 11.4 Å². The van der Waals surface area contributed by atoms with Gasteiger partial charge in [0, 0.05) is 11.8 Å². The molecule has 0 aliphatic carbocycles. The number of aromatic nitrogens is 2. The number of aliphatic hydroxyl groups excluding tert-OH is 3. The summed E-state index contributed by atoms with van der Waals surface area (Å²) in [6.45, 7) is -0.716. The Morgan fingerprint density at radius 3 is 2.15 bits per heavy atom. The van der Waals surface area contributed by atoms with Gasteiger partial charge in [-0.25, -0.2) is 4.79 Å². The van der Waals surface area contributed by atoms with E-state index in [1.54, 1.807) is 0 Å². The molecule has 0 spiro atoms. The maximum atomic E-state index is 12.0. The highest BCUT2D eigenvalue weighted by Gasteiger charge is 2.48. The number of aliphatic hydroxyl groups is 3. The molecule has 1 fully saturated rings. The van der Waals surface area contributed by atoms with Gasteiger partial charge in [-0.3, -0.25) is 13.7 Å². The van der Waals surface area contributed by atoms with Crippen molar-refractivity contribution in [3.05, 3.63) is 22.2 Å². The van der Waals surface area contributed by atoms with Gasteiger partial charge in [-0.1, -0.05) is 0 Å². The van der Waals surface area contributed by atoms with E-state index in [0.29, 0.717) is 10.8 Å². The molecule has 2 unspecified atom stereocenters. The van der Waals surface area contributed by atoms with Crippen LogP contribution >= 0.6 is 15.2 Å². The van der Waals surface area contributed by atoms with Crippen molar-refractivity contribution in [2.45, 2.75) is 29.9 Å². The molecule has 0 saturated carbocycles. The maximum Gasteiger partial charge on any atom is 0.351 e. The summed E-state index contributed by atoms with van der Waals surface area (Å²) in [5, 5.41) is 26.0. The van der Waals surface area contributed by atoms with E-state index in [-0.39, 0.29) is 0 Å². The predicted octanol–water partition coefficient (Wildman–Crippen LogP) is -3.21. The van der Waals surface area contributed by atoms with Crippen molar-refractivity contribution >= 4 is 21.0 Å². The van der Waals surface area contributed by atoms with Gasteiger partial charge in [0.05, 0.1) is 6.61 Å². The zero-order valence-electron chi connectivity index (χ0n) is 12.8. The SMILES string of the molecule is Nc1nc(=O)n([C@@H]2O[C@H](CO)C(O)C2O)cc1C(P(=O)(O)O)P(=O)(O)O. The summed E-state index contributed by atoms with van der Waals surface area (Å²) in [5.74, 6) is -0.838. The van der Waals surface area contributed by atoms with E-state index < -0.39 is 68.8 Å². The Labute approximate surface area is 144 Å². The molecule has 1 aromatic heterocycles. The molecule has 1 aliphatic rings. The van der Waals surface area contributed by atoms with Gasteiger partial charge >= 0.3 is 20.9 Å². The van der Waals surface area contributed by atoms with Gasteiger partial charge in [0.15, 0.2) is 11.6 Å². The smallest absolute Gasteiger partial charge is 0.351 e. The number of hydrogen-bond donors (Lipinski definition) is 8. The van der Waals surface area contributed by atoms with Crippen LogP contribution in [0.2, 0.25) is 0 Å². The third-order valence-electron chi connectivity index (χ3n) is 3.72. The van der Waals surface area contributed by atoms with Crippen molar-refractivity contribution in [1.29, 1.82) is 0 Å². The molecule has 1 aliphatic heterocycles. The van der Waals surface area contributed by atoms with Gasteiger partial charge in [-0.2, -0.15) is 4.98 Å². The molecule has 0 aromatic carbocycles. The second-order valence-electron chi connectivity index (χ2n) is 5.55. The normalized spacial score (nSPS) is 27.2. The van der Waals surface area contributed by atoms with Crippen molar-refractivity contribution in [2.24, 2.45) is 0 Å². The highest BCUT2D eigenvalue weighted by atomic mass is 31.2. The van der Waals surface area contributed by atoms with Crippen molar-refractivity contribution in [3.8, 4) is 0 Å². The van der Waals surface area contributed by atoms with Crippen LogP contribution in [0.4, 0.5) is 5.82 Å². The monoisotopic (exact) mass is 417 g/mol. The Balaban J connectivity index is 2.63. The molecular weight excluding hydrogens is 400 g/mol. The number of rotatable bonds is 5. The lowest BCUT2D eigenvalue weighted by Gasteiger charge is -2.23. The van der Waals surface area contributed by atoms with E-state index in [0.717, 1.165) is 0 Å². The maximum absolute atomic E-state index is 12.0. The largest absolute Gasteiger partial charge is 0.394 e. The summed E-state index contributed by atoms with van der Waals surface area (Å²) in [4.78, 5) is 52.4. The Kier molecular flexibility index (Phi) is 5.76. The van der Waals surface area contributed by atoms with Crippen LogP contribution in [0, 0.1) is 0 Å². The molecule has 148 valence electrons. The summed E-state index contributed by atoms with van der Waals surface area (Å²) < 4.78 is 28.6. The fraction of sp³-hybridized carbons (Fsp3) is 0.600. The van der Waals surface area contributed by atoms with Crippen molar-refractivity contribution < 1.29 is 48.8 Å². The van der Waals surface area contributed by atoms with Gasteiger partial charge in [-0.15, -0.1) is 0 Å². The third kappa shape index (κ3) is 3.89. The lowest BCUT2D eigenvalue weighted by Crippen LogP contribution is -2.36. The summed E-state index contributed by atoms with van der Waals surface area (Å²) in [5.41, 5.74) is 3.37. The van der Waals surface area contributed by atoms with Gasteiger partial charge in [0.2, 0.25) is 0 Å². The summed E-state index contributed by atoms with van der Waals surface area (Å²) in [7, 11) is -10.9. The lowest BCUT2D eigenvalue weighted by atomic mass is 10.1. The molecule has 26 heavy (non-hydrogen) atoms. The molecule has 9 N–H and O–H groups in total. The molecule has 4 atom stereocenters. The van der Waals surface area contributed by atoms with Crippen LogP contribution in [-0.2, 0) is 13.9 Å². The molecular formula is C10H17N3O11P2. The van der Waals surface area contributed by atoms with Crippen molar-refractivity contribution in [1.82, 2.24) is 9.55 Å². The van der Waals surface area contributed by atoms with E-state index in [9.17, 15) is 43.7 Å². The average Bonchev–Trinajstić information content (AvgIpc) is 2.75. The van der Waals surface area contributed by atoms with E-state index in [1.807, 2.05) is 0 Å². The van der Waals surface area contributed by atoms with E-state index in [2.05, 4.69) is 4.98 Å². The Morgan fingerprint density at radius 2 is 1.73 bits per heavy atom. The quantitative estimate of drug-likeness (QED) is 0.220. The zero-order chi connectivity index (χ0) is 20.0. The molecule has 0 amide bonds. The Morgan fingerprint density at radius 1 is 1.19 bits per heavy atom. The first-order chi connectivity index (χ1) is 11.8. The van der Waals surface area contributed by atoms with Crippen LogP contribution in [0.15, 0.2) is 11.0 Å². The minimum atomic E-state index is -5.45. The molecule has 14 nitrogen and oxygen atoms in total. The van der Waals surface area contributed by atoms with Gasteiger partial charge in [-0.05, 0) is 0 Å². The van der Waals surface area contributed by atoms with E-state index in [4.69, 9.17) is 15.6 Å². The van der Waals surface area contributed by atoms with Gasteiger partial charge in [0.25, 0.3) is 0 Å². The first-order valence-electron chi connectivity index (χ1n) is 6.90. The standard InChI is InChI=1S/C10H17N3O11P2/c11-7-3(9(25(18,19)20)26(21,22)23)1-13(10(17)12-7)8-6(16)5(15)4(2-14)24-8/h1,4-6,8-9,14-16H,2H2,(H2,11,12,17)(H2,18,19,20)(H2,21,22,23)/t4-,5?,6?,8-/m1/s1. The predicted molar refractivity (Wildman–Crippen MR) is 82.7 cm³/mol. The van der Waals surface area contributed by atoms with Gasteiger partial charge in [0.1, 0.15) is 24.1 Å². The highest BCUT2D eigenvalue weighted by molar-refractivity contribution is 7.70. The molecule has 1 aromatic rings. The third-order valence-corrected chi connectivity index (χ3v) is 7.35. The number of anilines is 1. The molecule has 0 radical (unpaired) electrons. The van der Waals surface area contributed by atoms with Crippen LogP contribution in [-0.4, -0.2) is 69.4 Å². The minimum Gasteiger partial charge on any atom is -0.394 e. The molecule has 16 heteroatoms. The van der Waals surface area contributed by atoms with Crippen LogP contribution in [0.5, 0.6) is 0 Å². The topological polar surface area (TPSA) is 246 Å².